The molecule has 0 spiro atoms. The minimum atomic E-state index is -0.834. The number of halogens is 4. The number of hydrogen-bond donors (Lipinski definition) is 0. The van der Waals surface area contributed by atoms with Gasteiger partial charge >= 0.3 is 0 Å². The van der Waals surface area contributed by atoms with Crippen LogP contribution in [-0.2, 0) is 6.54 Å². The quantitative estimate of drug-likeness (QED) is 0.505. The number of amides is 1. The van der Waals surface area contributed by atoms with Crippen LogP contribution in [0.15, 0.2) is 48.8 Å². The summed E-state index contributed by atoms with van der Waals surface area (Å²) in [6, 6.07) is 7.96. The number of carbonyl (C=O) groups excluding carboxylic acids is 1. The Hall–Kier alpha value is -2.70. The molecule has 2 aromatic carbocycles. The minimum Gasteiger partial charge on any atom is -0.496 e. The van der Waals surface area contributed by atoms with Crippen LogP contribution >= 0.6 is 23.2 Å². The Kier molecular flexibility index (Phi) is 6.35. The van der Waals surface area contributed by atoms with Gasteiger partial charge in [-0.25, -0.2) is 8.78 Å². The molecule has 3 aromatic rings. The Labute approximate surface area is 176 Å². The minimum absolute atomic E-state index is 0.0140. The van der Waals surface area contributed by atoms with Crippen molar-refractivity contribution in [1.82, 2.24) is 4.98 Å². The largest absolute Gasteiger partial charge is 0.496 e. The van der Waals surface area contributed by atoms with Crippen LogP contribution in [-0.4, -0.2) is 18.0 Å². The number of pyridine rings is 1. The maximum Gasteiger partial charge on any atom is 0.258 e. The molecule has 0 saturated heterocycles. The molecule has 0 aliphatic heterocycles. The SMILES string of the molecule is COc1cc(F)cc(F)c1CN(C(=O)c1ccncc1C)c1cc(Cl)cc(Cl)c1. The fraction of sp³-hybridized carbons (Fsp3) is 0.143. The van der Waals surface area contributed by atoms with E-state index in [4.69, 9.17) is 27.9 Å². The maximum atomic E-state index is 14.6. The van der Waals surface area contributed by atoms with Gasteiger partial charge in [-0.3, -0.25) is 9.78 Å². The highest BCUT2D eigenvalue weighted by Crippen LogP contribution is 2.31. The molecule has 0 aliphatic carbocycles. The highest BCUT2D eigenvalue weighted by Gasteiger charge is 2.24. The molecule has 0 saturated carbocycles. The summed E-state index contributed by atoms with van der Waals surface area (Å²) in [5, 5.41) is 0.617. The second-order valence-electron chi connectivity index (χ2n) is 6.28. The first-order valence-corrected chi connectivity index (χ1v) is 9.26. The Morgan fingerprint density at radius 2 is 1.83 bits per heavy atom. The van der Waals surface area contributed by atoms with E-state index in [-0.39, 0.29) is 17.9 Å². The second-order valence-corrected chi connectivity index (χ2v) is 7.15. The Morgan fingerprint density at radius 3 is 2.45 bits per heavy atom. The van der Waals surface area contributed by atoms with Crippen molar-refractivity contribution in [3.8, 4) is 5.75 Å². The van der Waals surface area contributed by atoms with Gasteiger partial charge in [-0.15, -0.1) is 0 Å². The monoisotopic (exact) mass is 436 g/mol. The van der Waals surface area contributed by atoms with Crippen LogP contribution in [0.3, 0.4) is 0 Å². The zero-order valence-corrected chi connectivity index (χ0v) is 17.1. The average Bonchev–Trinajstić information content (AvgIpc) is 2.66. The number of benzene rings is 2. The number of methoxy groups -OCH3 is 1. The summed E-state index contributed by atoms with van der Waals surface area (Å²) in [6.45, 7) is 1.51. The summed E-state index contributed by atoms with van der Waals surface area (Å²) in [5.74, 6) is -2.05. The van der Waals surface area contributed by atoms with Crippen molar-refractivity contribution in [3.05, 3.63) is 87.2 Å². The molecule has 3 rings (SSSR count). The number of rotatable bonds is 5. The number of anilines is 1. The van der Waals surface area contributed by atoms with Crippen molar-refractivity contribution >= 4 is 34.8 Å². The summed E-state index contributed by atoms with van der Waals surface area (Å²) in [5.41, 5.74) is 1.39. The van der Waals surface area contributed by atoms with E-state index in [1.807, 2.05) is 0 Å². The molecular weight excluding hydrogens is 421 g/mol. The highest BCUT2D eigenvalue weighted by atomic mass is 35.5. The third kappa shape index (κ3) is 4.66. The standard InChI is InChI=1S/C21H16Cl2F2N2O2/c1-12-10-26-4-3-17(12)21(28)27(16-6-13(22)5-14(23)7-16)11-18-19(25)8-15(24)9-20(18)29-2/h3-10H,11H2,1-2H3. The predicted molar refractivity (Wildman–Crippen MR) is 109 cm³/mol. The lowest BCUT2D eigenvalue weighted by molar-refractivity contribution is 0.0984. The van der Waals surface area contributed by atoms with Gasteiger partial charge in [0.2, 0.25) is 0 Å². The van der Waals surface area contributed by atoms with E-state index in [1.165, 1.54) is 36.4 Å². The fourth-order valence-corrected chi connectivity index (χ4v) is 3.42. The Morgan fingerprint density at radius 1 is 1.14 bits per heavy atom. The molecule has 0 bridgehead atoms. The number of aromatic nitrogens is 1. The van der Waals surface area contributed by atoms with Crippen LogP contribution in [0.4, 0.5) is 14.5 Å². The van der Waals surface area contributed by atoms with Gasteiger partial charge in [0, 0.05) is 51.4 Å². The molecule has 1 aromatic heterocycles. The molecule has 0 atom stereocenters. The van der Waals surface area contributed by atoms with Crippen molar-refractivity contribution in [2.45, 2.75) is 13.5 Å². The fourth-order valence-electron chi connectivity index (χ4n) is 2.91. The average molecular weight is 437 g/mol. The summed E-state index contributed by atoms with van der Waals surface area (Å²) in [6.07, 6.45) is 3.04. The van der Waals surface area contributed by atoms with E-state index >= 15 is 0 Å². The van der Waals surface area contributed by atoms with Gasteiger partial charge in [-0.2, -0.15) is 0 Å². The van der Waals surface area contributed by atoms with E-state index in [9.17, 15) is 13.6 Å². The molecule has 150 valence electrons. The smallest absolute Gasteiger partial charge is 0.258 e. The lowest BCUT2D eigenvalue weighted by atomic mass is 10.1. The van der Waals surface area contributed by atoms with E-state index in [2.05, 4.69) is 4.98 Å². The Bertz CT molecular complexity index is 1060. The molecule has 29 heavy (non-hydrogen) atoms. The molecule has 0 fully saturated rings. The van der Waals surface area contributed by atoms with Gasteiger partial charge in [-0.1, -0.05) is 23.2 Å². The molecule has 0 unspecified atom stereocenters. The number of carbonyl (C=O) groups is 1. The van der Waals surface area contributed by atoms with Crippen LogP contribution in [0.5, 0.6) is 5.75 Å². The molecule has 0 N–H and O–H groups in total. The van der Waals surface area contributed by atoms with Crippen LogP contribution in [0.25, 0.3) is 0 Å². The molecule has 4 nitrogen and oxygen atoms in total. The molecular formula is C21H16Cl2F2N2O2. The van der Waals surface area contributed by atoms with E-state index in [1.54, 1.807) is 19.2 Å². The van der Waals surface area contributed by atoms with Gasteiger partial charge in [0.1, 0.15) is 17.4 Å². The van der Waals surface area contributed by atoms with E-state index in [0.29, 0.717) is 26.9 Å². The lowest BCUT2D eigenvalue weighted by Crippen LogP contribution is -2.31. The van der Waals surface area contributed by atoms with Crippen molar-refractivity contribution in [2.75, 3.05) is 12.0 Å². The molecule has 1 amide bonds. The first-order chi connectivity index (χ1) is 13.8. The van der Waals surface area contributed by atoms with Crippen LogP contribution in [0.1, 0.15) is 21.5 Å². The summed E-state index contributed by atoms with van der Waals surface area (Å²) < 4.78 is 33.3. The van der Waals surface area contributed by atoms with Gasteiger partial charge in [0.15, 0.2) is 0 Å². The third-order valence-electron chi connectivity index (χ3n) is 4.31. The first kappa shape index (κ1) is 21.0. The molecule has 0 radical (unpaired) electrons. The predicted octanol–water partition coefficient (Wildman–Crippen LogP) is 5.83. The molecule has 0 aliphatic rings. The first-order valence-electron chi connectivity index (χ1n) is 8.50. The van der Waals surface area contributed by atoms with Gasteiger partial charge in [0.25, 0.3) is 5.91 Å². The number of aryl methyl sites for hydroxylation is 1. The van der Waals surface area contributed by atoms with Crippen molar-refractivity contribution in [2.24, 2.45) is 0 Å². The van der Waals surface area contributed by atoms with Crippen LogP contribution < -0.4 is 9.64 Å². The van der Waals surface area contributed by atoms with Gasteiger partial charge in [0.05, 0.1) is 13.7 Å². The molecule has 1 heterocycles. The lowest BCUT2D eigenvalue weighted by Gasteiger charge is -2.25. The van der Waals surface area contributed by atoms with Crippen molar-refractivity contribution in [3.63, 3.8) is 0 Å². The third-order valence-corrected chi connectivity index (χ3v) is 4.75. The van der Waals surface area contributed by atoms with Crippen molar-refractivity contribution in [1.29, 1.82) is 0 Å². The highest BCUT2D eigenvalue weighted by molar-refractivity contribution is 6.35. The van der Waals surface area contributed by atoms with Gasteiger partial charge < -0.3 is 9.64 Å². The number of hydrogen-bond acceptors (Lipinski definition) is 3. The molecule has 8 heteroatoms. The number of nitrogens with zero attached hydrogens (tertiary/aromatic N) is 2. The zero-order chi connectivity index (χ0) is 21.1. The van der Waals surface area contributed by atoms with Crippen LogP contribution in [0.2, 0.25) is 10.0 Å². The maximum absolute atomic E-state index is 14.6. The Balaban J connectivity index is 2.14. The topological polar surface area (TPSA) is 42.4 Å². The van der Waals surface area contributed by atoms with Crippen LogP contribution in [0, 0.1) is 18.6 Å². The second kappa shape index (κ2) is 8.76. The summed E-state index contributed by atoms with van der Waals surface area (Å²) in [4.78, 5) is 18.6. The zero-order valence-electron chi connectivity index (χ0n) is 15.5. The van der Waals surface area contributed by atoms with E-state index in [0.717, 1.165) is 12.1 Å². The van der Waals surface area contributed by atoms with E-state index < -0.39 is 17.5 Å². The normalized spacial score (nSPS) is 10.7. The number of ether oxygens (including phenoxy) is 1. The van der Waals surface area contributed by atoms with Crippen molar-refractivity contribution < 1.29 is 18.3 Å². The summed E-state index contributed by atoms with van der Waals surface area (Å²) in [7, 11) is 1.30. The van der Waals surface area contributed by atoms with Gasteiger partial charge in [-0.05, 0) is 36.8 Å². The summed E-state index contributed by atoms with van der Waals surface area (Å²) >= 11 is 12.2.